The lowest BCUT2D eigenvalue weighted by Crippen LogP contribution is -2.02. The van der Waals surface area contributed by atoms with Gasteiger partial charge in [-0.1, -0.05) is 11.6 Å². The van der Waals surface area contributed by atoms with Crippen LogP contribution in [-0.2, 0) is 0 Å². The maximum atomic E-state index is 8.85. The van der Waals surface area contributed by atoms with Gasteiger partial charge in [-0.2, -0.15) is 5.26 Å². The Morgan fingerprint density at radius 2 is 2.29 bits per heavy atom. The van der Waals surface area contributed by atoms with E-state index < -0.39 is 0 Å². The van der Waals surface area contributed by atoms with E-state index >= 15 is 0 Å². The Balaban J connectivity index is 1.87. The molecule has 0 atom stereocenters. The fraction of sp³-hybridized carbons (Fsp3) is 0.400. The van der Waals surface area contributed by atoms with Crippen LogP contribution in [-0.4, -0.2) is 6.54 Å². The minimum atomic E-state index is 0.758. The Hall–Kier alpha value is -1.75. The fourth-order valence-corrected chi connectivity index (χ4v) is 2.23. The summed E-state index contributed by atoms with van der Waals surface area (Å²) in [6.07, 6.45) is 7.36. The average Bonchev–Trinajstić information content (AvgIpc) is 2.82. The first-order valence-corrected chi connectivity index (χ1v) is 6.22. The predicted octanol–water partition coefficient (Wildman–Crippen LogP) is 3.78. The lowest BCUT2D eigenvalue weighted by atomic mass is 10.1. The molecule has 0 heterocycles. The SMILES string of the molecule is Cc1cc(NCCC2=CCCC2)ccc1C#N. The second-order valence-corrected chi connectivity index (χ2v) is 4.57. The number of allylic oxidation sites excluding steroid dienone is 1. The van der Waals surface area contributed by atoms with Crippen molar-refractivity contribution in [1.82, 2.24) is 0 Å². The van der Waals surface area contributed by atoms with E-state index in [-0.39, 0.29) is 0 Å². The quantitative estimate of drug-likeness (QED) is 0.793. The van der Waals surface area contributed by atoms with Gasteiger partial charge >= 0.3 is 0 Å². The minimum Gasteiger partial charge on any atom is -0.385 e. The van der Waals surface area contributed by atoms with E-state index in [0.29, 0.717) is 0 Å². The highest BCUT2D eigenvalue weighted by molar-refractivity contribution is 5.51. The highest BCUT2D eigenvalue weighted by Crippen LogP contribution is 2.21. The normalized spacial score (nSPS) is 14.2. The molecular formula is C15H18N2. The van der Waals surface area contributed by atoms with E-state index in [4.69, 9.17) is 5.26 Å². The van der Waals surface area contributed by atoms with Crippen molar-refractivity contribution >= 4 is 5.69 Å². The van der Waals surface area contributed by atoms with E-state index in [9.17, 15) is 0 Å². The maximum Gasteiger partial charge on any atom is 0.0994 e. The van der Waals surface area contributed by atoms with Crippen molar-refractivity contribution in [2.24, 2.45) is 0 Å². The first-order valence-electron chi connectivity index (χ1n) is 6.22. The highest BCUT2D eigenvalue weighted by Gasteiger charge is 2.04. The van der Waals surface area contributed by atoms with Crippen LogP contribution >= 0.6 is 0 Å². The number of nitrogens with zero attached hydrogens (tertiary/aromatic N) is 1. The summed E-state index contributed by atoms with van der Waals surface area (Å²) in [5, 5.41) is 12.3. The summed E-state index contributed by atoms with van der Waals surface area (Å²) in [5.41, 5.74) is 4.49. The summed E-state index contributed by atoms with van der Waals surface area (Å²) >= 11 is 0. The molecule has 0 saturated carbocycles. The summed E-state index contributed by atoms with van der Waals surface area (Å²) in [4.78, 5) is 0. The Kier molecular flexibility index (Phi) is 3.82. The van der Waals surface area contributed by atoms with Gasteiger partial charge in [0, 0.05) is 12.2 Å². The standard InChI is InChI=1S/C15H18N2/c1-12-10-15(7-6-14(12)11-16)17-9-8-13-4-2-3-5-13/h4,6-7,10,17H,2-3,5,8-9H2,1H3. The van der Waals surface area contributed by atoms with Crippen molar-refractivity contribution < 1.29 is 0 Å². The van der Waals surface area contributed by atoms with Gasteiger partial charge in [0.05, 0.1) is 11.6 Å². The molecule has 1 N–H and O–H groups in total. The van der Waals surface area contributed by atoms with Crippen LogP contribution in [0.2, 0.25) is 0 Å². The molecule has 0 aliphatic heterocycles. The van der Waals surface area contributed by atoms with Crippen LogP contribution in [0, 0.1) is 18.3 Å². The summed E-state index contributed by atoms with van der Waals surface area (Å²) in [6, 6.07) is 8.09. The van der Waals surface area contributed by atoms with Crippen LogP contribution in [0.15, 0.2) is 29.8 Å². The second-order valence-electron chi connectivity index (χ2n) is 4.57. The predicted molar refractivity (Wildman–Crippen MR) is 70.9 cm³/mol. The van der Waals surface area contributed by atoms with Gasteiger partial charge in [-0.25, -0.2) is 0 Å². The van der Waals surface area contributed by atoms with E-state index in [1.807, 2.05) is 25.1 Å². The summed E-state index contributed by atoms with van der Waals surface area (Å²) in [5.74, 6) is 0. The van der Waals surface area contributed by atoms with Crippen molar-refractivity contribution in [3.8, 4) is 6.07 Å². The number of hydrogen-bond acceptors (Lipinski definition) is 2. The number of aryl methyl sites for hydroxylation is 1. The van der Waals surface area contributed by atoms with Crippen molar-refractivity contribution in [3.63, 3.8) is 0 Å². The van der Waals surface area contributed by atoms with E-state index in [0.717, 1.165) is 29.8 Å². The third kappa shape index (κ3) is 3.10. The van der Waals surface area contributed by atoms with Crippen LogP contribution in [0.1, 0.15) is 36.8 Å². The van der Waals surface area contributed by atoms with Crippen LogP contribution in [0.3, 0.4) is 0 Å². The van der Waals surface area contributed by atoms with Crippen LogP contribution < -0.4 is 5.32 Å². The lowest BCUT2D eigenvalue weighted by molar-refractivity contribution is 0.863. The summed E-state index contributed by atoms with van der Waals surface area (Å²) < 4.78 is 0. The summed E-state index contributed by atoms with van der Waals surface area (Å²) in [7, 11) is 0. The van der Waals surface area contributed by atoms with Crippen LogP contribution in [0.4, 0.5) is 5.69 Å². The highest BCUT2D eigenvalue weighted by atomic mass is 14.9. The smallest absolute Gasteiger partial charge is 0.0994 e. The number of rotatable bonds is 4. The van der Waals surface area contributed by atoms with Gasteiger partial charge in [-0.3, -0.25) is 0 Å². The van der Waals surface area contributed by atoms with Gasteiger partial charge in [0.1, 0.15) is 0 Å². The molecule has 17 heavy (non-hydrogen) atoms. The molecule has 88 valence electrons. The molecule has 0 radical (unpaired) electrons. The fourth-order valence-electron chi connectivity index (χ4n) is 2.23. The number of hydrogen-bond donors (Lipinski definition) is 1. The Bertz CT molecular complexity index is 466. The molecule has 2 heteroatoms. The van der Waals surface area contributed by atoms with Gasteiger partial charge in [-0.05, 0) is 56.4 Å². The zero-order valence-corrected chi connectivity index (χ0v) is 10.3. The molecule has 1 aromatic rings. The Morgan fingerprint density at radius 1 is 1.41 bits per heavy atom. The minimum absolute atomic E-state index is 0.758. The molecule has 0 bridgehead atoms. The molecule has 1 aromatic carbocycles. The van der Waals surface area contributed by atoms with Crippen molar-refractivity contribution in [2.75, 3.05) is 11.9 Å². The van der Waals surface area contributed by atoms with Crippen molar-refractivity contribution in [2.45, 2.75) is 32.6 Å². The number of benzene rings is 1. The molecule has 1 aliphatic carbocycles. The molecule has 0 amide bonds. The van der Waals surface area contributed by atoms with E-state index in [1.165, 1.54) is 19.3 Å². The van der Waals surface area contributed by atoms with Gasteiger partial charge in [0.2, 0.25) is 0 Å². The van der Waals surface area contributed by atoms with Gasteiger partial charge in [0.25, 0.3) is 0 Å². The summed E-state index contributed by atoms with van der Waals surface area (Å²) in [6.45, 7) is 2.96. The molecule has 2 nitrogen and oxygen atoms in total. The lowest BCUT2D eigenvalue weighted by Gasteiger charge is -2.08. The van der Waals surface area contributed by atoms with Crippen molar-refractivity contribution in [1.29, 1.82) is 5.26 Å². The van der Waals surface area contributed by atoms with Gasteiger partial charge in [0.15, 0.2) is 0 Å². The number of nitriles is 1. The largest absolute Gasteiger partial charge is 0.385 e. The first-order chi connectivity index (χ1) is 8.29. The van der Waals surface area contributed by atoms with E-state index in [1.54, 1.807) is 5.57 Å². The maximum absolute atomic E-state index is 8.85. The van der Waals surface area contributed by atoms with E-state index in [2.05, 4.69) is 17.5 Å². The molecule has 0 saturated heterocycles. The van der Waals surface area contributed by atoms with Crippen molar-refractivity contribution in [3.05, 3.63) is 41.0 Å². The monoisotopic (exact) mass is 226 g/mol. The number of anilines is 1. The molecule has 0 unspecified atom stereocenters. The third-order valence-corrected chi connectivity index (χ3v) is 3.26. The van der Waals surface area contributed by atoms with Crippen LogP contribution in [0.25, 0.3) is 0 Å². The number of nitrogens with one attached hydrogen (secondary N) is 1. The molecule has 0 spiro atoms. The topological polar surface area (TPSA) is 35.8 Å². The molecule has 2 rings (SSSR count). The van der Waals surface area contributed by atoms with Gasteiger partial charge < -0.3 is 5.32 Å². The zero-order chi connectivity index (χ0) is 12.1. The average molecular weight is 226 g/mol. The Morgan fingerprint density at radius 3 is 2.94 bits per heavy atom. The molecule has 0 fully saturated rings. The zero-order valence-electron chi connectivity index (χ0n) is 10.3. The molecule has 0 aromatic heterocycles. The Labute approximate surface area is 103 Å². The third-order valence-electron chi connectivity index (χ3n) is 3.26. The molecule has 1 aliphatic rings. The first kappa shape index (κ1) is 11.7. The second kappa shape index (κ2) is 5.54. The van der Waals surface area contributed by atoms with Crippen LogP contribution in [0.5, 0.6) is 0 Å². The van der Waals surface area contributed by atoms with Gasteiger partial charge in [-0.15, -0.1) is 0 Å². The molecular weight excluding hydrogens is 208 g/mol.